The van der Waals surface area contributed by atoms with E-state index < -0.39 is 49.5 Å². The summed E-state index contributed by atoms with van der Waals surface area (Å²) in [6, 6.07) is -0.716. The predicted octanol–water partition coefficient (Wildman–Crippen LogP) is 12.1. The van der Waals surface area contributed by atoms with Crippen LogP contribution in [0.2, 0.25) is 0 Å². The molecule has 1 saturated heterocycles. The first-order valence-corrected chi connectivity index (χ1v) is 26.4. The number of carbonyl (C=O) groups is 1. The molecule has 9 nitrogen and oxygen atoms in total. The van der Waals surface area contributed by atoms with Crippen molar-refractivity contribution in [2.45, 2.75) is 301 Å². The van der Waals surface area contributed by atoms with Crippen LogP contribution in [0.1, 0.15) is 258 Å². The quantitative estimate of drug-likeness (QED) is 0.0262. The van der Waals surface area contributed by atoms with Gasteiger partial charge in [0, 0.05) is 6.42 Å². The number of hydrogen-bond donors (Lipinski definition) is 6. The molecule has 1 rings (SSSR count). The topological polar surface area (TPSA) is 149 Å². The third kappa shape index (κ3) is 33.1. The molecule has 0 saturated carbocycles. The van der Waals surface area contributed by atoms with Crippen LogP contribution in [-0.4, -0.2) is 87.5 Å². The van der Waals surface area contributed by atoms with Crippen LogP contribution in [0.3, 0.4) is 0 Å². The van der Waals surface area contributed by atoms with Gasteiger partial charge in [-0.2, -0.15) is 0 Å². The third-order valence-electron chi connectivity index (χ3n) is 12.9. The molecular weight excluding hydrogens is 767 g/mol. The van der Waals surface area contributed by atoms with Gasteiger partial charge >= 0.3 is 0 Å². The summed E-state index contributed by atoms with van der Waals surface area (Å²) < 4.78 is 11.3. The summed E-state index contributed by atoms with van der Waals surface area (Å²) in [5, 5.41) is 54.6. The Kier molecular flexibility index (Phi) is 40.7. The lowest BCUT2D eigenvalue weighted by Crippen LogP contribution is -2.60. The predicted molar refractivity (Wildman–Crippen MR) is 254 cm³/mol. The number of aliphatic hydroxyl groups is 5. The largest absolute Gasteiger partial charge is 0.394 e. The van der Waals surface area contributed by atoms with Gasteiger partial charge in [0.05, 0.1) is 25.4 Å². The minimum Gasteiger partial charge on any atom is -0.394 e. The van der Waals surface area contributed by atoms with Gasteiger partial charge in [-0.1, -0.05) is 225 Å². The van der Waals surface area contributed by atoms with Gasteiger partial charge in [-0.15, -0.1) is 0 Å². The van der Waals surface area contributed by atoms with Crippen LogP contribution in [0.25, 0.3) is 0 Å². The number of allylic oxidation sites excluding steroid dienone is 2. The van der Waals surface area contributed by atoms with Crippen molar-refractivity contribution in [1.29, 1.82) is 0 Å². The molecule has 61 heavy (non-hydrogen) atoms. The molecule has 0 radical (unpaired) electrons. The van der Waals surface area contributed by atoms with Gasteiger partial charge in [0.25, 0.3) is 0 Å². The Hall–Kier alpha value is -1.07. The second kappa shape index (κ2) is 42.9. The maximum Gasteiger partial charge on any atom is 0.220 e. The number of unbranched alkanes of at least 4 members (excludes halogenated alkanes) is 33. The molecule has 0 aliphatic carbocycles. The number of hydrogen-bond acceptors (Lipinski definition) is 8. The first-order valence-electron chi connectivity index (χ1n) is 26.4. The van der Waals surface area contributed by atoms with E-state index >= 15 is 0 Å². The molecule has 0 bridgehead atoms. The molecule has 362 valence electrons. The van der Waals surface area contributed by atoms with Gasteiger partial charge in [0.15, 0.2) is 6.29 Å². The van der Waals surface area contributed by atoms with E-state index in [1.165, 1.54) is 193 Å². The number of ether oxygens (including phenoxy) is 2. The summed E-state index contributed by atoms with van der Waals surface area (Å²) in [6.45, 7) is 3.86. The van der Waals surface area contributed by atoms with Crippen LogP contribution >= 0.6 is 0 Å². The van der Waals surface area contributed by atoms with Crippen LogP contribution in [0.15, 0.2) is 12.2 Å². The van der Waals surface area contributed by atoms with Crippen LogP contribution in [0, 0.1) is 0 Å². The molecule has 6 N–H and O–H groups in total. The number of carbonyl (C=O) groups excluding carboxylic acids is 1. The van der Waals surface area contributed by atoms with Gasteiger partial charge in [-0.25, -0.2) is 0 Å². The average Bonchev–Trinajstić information content (AvgIpc) is 3.26. The van der Waals surface area contributed by atoms with E-state index in [0.29, 0.717) is 12.8 Å². The molecule has 1 amide bonds. The van der Waals surface area contributed by atoms with Crippen LogP contribution in [-0.2, 0) is 14.3 Å². The summed E-state index contributed by atoms with van der Waals surface area (Å²) in [6.07, 6.45) is 43.6. The molecule has 1 aliphatic rings. The number of aliphatic hydroxyl groups excluding tert-OH is 5. The first-order chi connectivity index (χ1) is 29.8. The van der Waals surface area contributed by atoms with Crippen molar-refractivity contribution < 1.29 is 39.8 Å². The Labute approximate surface area is 376 Å². The van der Waals surface area contributed by atoms with E-state index in [9.17, 15) is 30.3 Å². The Balaban J connectivity index is 2.25. The molecule has 7 unspecified atom stereocenters. The number of rotatable bonds is 45. The minimum atomic E-state index is -1.55. The fourth-order valence-corrected chi connectivity index (χ4v) is 8.63. The highest BCUT2D eigenvalue weighted by atomic mass is 16.7. The molecule has 0 aromatic rings. The molecule has 0 aromatic carbocycles. The molecular formula is C52H101NO8. The van der Waals surface area contributed by atoms with Crippen molar-refractivity contribution in [3.8, 4) is 0 Å². The van der Waals surface area contributed by atoms with Crippen molar-refractivity contribution in [1.82, 2.24) is 5.32 Å². The zero-order valence-corrected chi connectivity index (χ0v) is 39.9. The lowest BCUT2D eigenvalue weighted by Gasteiger charge is -2.40. The Morgan fingerprint density at radius 1 is 0.541 bits per heavy atom. The van der Waals surface area contributed by atoms with Gasteiger partial charge in [-0.05, 0) is 38.5 Å². The Bertz CT molecular complexity index is 966. The molecule has 9 heteroatoms. The Morgan fingerprint density at radius 3 is 1.33 bits per heavy atom. The molecule has 1 aliphatic heterocycles. The zero-order valence-electron chi connectivity index (χ0n) is 39.9. The van der Waals surface area contributed by atoms with Crippen molar-refractivity contribution >= 4 is 5.91 Å². The second-order valence-corrected chi connectivity index (χ2v) is 18.7. The maximum atomic E-state index is 13.0. The summed E-state index contributed by atoms with van der Waals surface area (Å²) in [5.41, 5.74) is 0. The second-order valence-electron chi connectivity index (χ2n) is 18.7. The first kappa shape index (κ1) is 57.9. The van der Waals surface area contributed by atoms with E-state index in [1.807, 2.05) is 0 Å². The van der Waals surface area contributed by atoms with Crippen molar-refractivity contribution in [3.63, 3.8) is 0 Å². The van der Waals surface area contributed by atoms with E-state index in [0.717, 1.165) is 38.5 Å². The van der Waals surface area contributed by atoms with Crippen molar-refractivity contribution in [3.05, 3.63) is 12.2 Å². The minimum absolute atomic E-state index is 0.135. The standard InChI is InChI=1S/C52H101NO8/c1-3-5-7-9-11-13-15-17-19-21-23-25-27-29-31-33-35-37-39-41-46(55)45(44-60-52-51(59)50(58)49(57)47(43-54)61-52)53-48(56)42-40-38-36-34-32-30-28-26-24-22-20-18-16-14-12-10-8-6-4-2/h18,20,45-47,49-52,54-55,57-59H,3-17,19,21-44H2,1-2H3,(H,53,56)/b20-18-. The van der Waals surface area contributed by atoms with Crippen LogP contribution in [0.5, 0.6) is 0 Å². The van der Waals surface area contributed by atoms with E-state index in [1.54, 1.807) is 0 Å². The smallest absolute Gasteiger partial charge is 0.220 e. The molecule has 0 aromatic heterocycles. The van der Waals surface area contributed by atoms with Gasteiger partial charge in [0.2, 0.25) is 5.91 Å². The van der Waals surface area contributed by atoms with E-state index in [2.05, 4.69) is 31.3 Å². The van der Waals surface area contributed by atoms with Crippen LogP contribution < -0.4 is 5.32 Å². The summed E-state index contributed by atoms with van der Waals surface area (Å²) in [5.74, 6) is -0.143. The fourth-order valence-electron chi connectivity index (χ4n) is 8.63. The van der Waals surface area contributed by atoms with Gasteiger partial charge < -0.3 is 40.3 Å². The van der Waals surface area contributed by atoms with E-state index in [4.69, 9.17) is 9.47 Å². The van der Waals surface area contributed by atoms with Crippen molar-refractivity contribution in [2.24, 2.45) is 0 Å². The monoisotopic (exact) mass is 868 g/mol. The van der Waals surface area contributed by atoms with Gasteiger partial charge in [-0.3, -0.25) is 4.79 Å². The zero-order chi connectivity index (χ0) is 44.4. The summed E-state index contributed by atoms with van der Waals surface area (Å²) in [4.78, 5) is 13.0. The molecule has 1 heterocycles. The number of amides is 1. The molecule has 0 spiro atoms. The van der Waals surface area contributed by atoms with Crippen molar-refractivity contribution in [2.75, 3.05) is 13.2 Å². The maximum absolute atomic E-state index is 13.0. The third-order valence-corrected chi connectivity index (χ3v) is 12.9. The van der Waals surface area contributed by atoms with Gasteiger partial charge in [0.1, 0.15) is 24.4 Å². The molecule has 1 fully saturated rings. The summed E-state index contributed by atoms with van der Waals surface area (Å²) >= 11 is 0. The number of nitrogens with one attached hydrogen (secondary N) is 1. The highest BCUT2D eigenvalue weighted by Gasteiger charge is 2.44. The lowest BCUT2D eigenvalue weighted by atomic mass is 9.99. The highest BCUT2D eigenvalue weighted by Crippen LogP contribution is 2.23. The SMILES string of the molecule is CCCCCCCC/C=C\CCCCCCCCCCCC(=O)NC(COC1OC(CO)C(O)C(O)C1O)C(O)CCCCCCCCCCCCCCCCCCCCC. The normalized spacial score (nSPS) is 20.4. The average molecular weight is 868 g/mol. The fraction of sp³-hybridized carbons (Fsp3) is 0.942. The highest BCUT2D eigenvalue weighted by molar-refractivity contribution is 5.76. The summed E-state index contributed by atoms with van der Waals surface area (Å²) in [7, 11) is 0. The Morgan fingerprint density at radius 2 is 0.918 bits per heavy atom. The lowest BCUT2D eigenvalue weighted by molar-refractivity contribution is -0.302. The van der Waals surface area contributed by atoms with E-state index in [-0.39, 0.29) is 12.5 Å². The molecule has 7 atom stereocenters. The van der Waals surface area contributed by atoms with Crippen LogP contribution in [0.4, 0.5) is 0 Å².